The summed E-state index contributed by atoms with van der Waals surface area (Å²) in [6.07, 6.45) is -0.871. The van der Waals surface area contributed by atoms with E-state index in [1.165, 1.54) is 20.1 Å². The number of hydrogen-bond donors (Lipinski definition) is 2. The molecule has 28 heavy (non-hydrogen) atoms. The van der Waals surface area contributed by atoms with Gasteiger partial charge >= 0.3 is 12.0 Å². The van der Waals surface area contributed by atoms with E-state index in [-0.39, 0.29) is 23.2 Å². The summed E-state index contributed by atoms with van der Waals surface area (Å²) < 4.78 is 15.9. The molecule has 2 N–H and O–H groups in total. The Hall–Kier alpha value is -2.74. The molecule has 1 heterocycles. The maximum atomic E-state index is 12.1. The molecule has 2 amide bonds. The van der Waals surface area contributed by atoms with Crippen LogP contribution < -0.4 is 20.1 Å². The average Bonchev–Trinajstić information content (AvgIpc) is 2.60. The Morgan fingerprint density at radius 3 is 2.54 bits per heavy atom. The van der Waals surface area contributed by atoms with E-state index in [0.717, 1.165) is 0 Å². The molecule has 1 aliphatic rings. The second-order valence-electron chi connectivity index (χ2n) is 6.16. The monoisotopic (exact) mass is 410 g/mol. The molecule has 0 aliphatic carbocycles. The molecule has 8 nitrogen and oxygen atoms in total. The first-order valence-corrected chi connectivity index (χ1v) is 9.07. The van der Waals surface area contributed by atoms with Crippen molar-refractivity contribution >= 4 is 29.4 Å². The minimum Gasteiger partial charge on any atom is -0.493 e. The van der Waals surface area contributed by atoms with Crippen LogP contribution in [0.2, 0.25) is 5.02 Å². The maximum absolute atomic E-state index is 12.1. The van der Waals surface area contributed by atoms with E-state index in [2.05, 4.69) is 10.6 Å². The quantitative estimate of drug-likeness (QED) is 0.670. The van der Waals surface area contributed by atoms with E-state index in [0.29, 0.717) is 22.6 Å². The highest BCUT2D eigenvalue weighted by Crippen LogP contribution is 2.39. The molecule has 0 saturated heterocycles. The minimum atomic E-state index is -0.871. The molecule has 1 aromatic carbocycles. The molecule has 0 unspecified atom stereocenters. The third-order valence-corrected chi connectivity index (χ3v) is 4.49. The number of hydrogen-bond acceptors (Lipinski definition) is 6. The van der Waals surface area contributed by atoms with E-state index < -0.39 is 24.1 Å². The molecule has 2 atom stereocenters. The van der Waals surface area contributed by atoms with Gasteiger partial charge in [-0.1, -0.05) is 11.6 Å². The molecule has 0 bridgehead atoms. The van der Waals surface area contributed by atoms with E-state index >= 15 is 0 Å². The number of Topliss-reactive ketones (excluding diaryl/α,β-unsaturated/α-hetero) is 1. The van der Waals surface area contributed by atoms with Crippen molar-refractivity contribution in [2.24, 2.45) is 0 Å². The summed E-state index contributed by atoms with van der Waals surface area (Å²) in [5.74, 6) is -0.194. The van der Waals surface area contributed by atoms with Crippen LogP contribution in [-0.4, -0.2) is 37.6 Å². The fourth-order valence-corrected chi connectivity index (χ4v) is 3.18. The van der Waals surface area contributed by atoms with Crippen LogP contribution in [0, 0.1) is 0 Å². The van der Waals surface area contributed by atoms with E-state index in [1.807, 2.05) is 0 Å². The van der Waals surface area contributed by atoms with Crippen molar-refractivity contribution in [2.75, 3.05) is 13.7 Å². The Bertz CT molecular complexity index is 836. The molecular weight excluding hydrogens is 388 g/mol. The van der Waals surface area contributed by atoms with Gasteiger partial charge in [-0.3, -0.25) is 4.79 Å². The second-order valence-corrected chi connectivity index (χ2v) is 6.57. The van der Waals surface area contributed by atoms with Crippen molar-refractivity contribution in [1.82, 2.24) is 10.6 Å². The molecule has 0 spiro atoms. The number of amides is 2. The largest absolute Gasteiger partial charge is 0.493 e. The van der Waals surface area contributed by atoms with Crippen molar-refractivity contribution in [3.8, 4) is 11.5 Å². The Morgan fingerprint density at radius 1 is 1.29 bits per heavy atom. The highest BCUT2D eigenvalue weighted by Gasteiger charge is 2.32. The predicted molar refractivity (Wildman–Crippen MR) is 103 cm³/mol. The van der Waals surface area contributed by atoms with Crippen LogP contribution in [0.5, 0.6) is 11.5 Å². The van der Waals surface area contributed by atoms with Crippen LogP contribution >= 0.6 is 11.6 Å². The summed E-state index contributed by atoms with van der Waals surface area (Å²) in [6.45, 7) is 6.54. The lowest BCUT2D eigenvalue weighted by Gasteiger charge is -2.29. The Labute approximate surface area is 168 Å². The van der Waals surface area contributed by atoms with Gasteiger partial charge in [0.1, 0.15) is 0 Å². The molecule has 152 valence electrons. The molecule has 0 radical (unpaired) electrons. The zero-order chi connectivity index (χ0) is 21.0. The van der Waals surface area contributed by atoms with Crippen molar-refractivity contribution in [1.29, 1.82) is 0 Å². The summed E-state index contributed by atoms with van der Waals surface area (Å²) in [6, 6.07) is 1.86. The lowest BCUT2D eigenvalue weighted by atomic mass is 9.92. The number of allylic oxidation sites excluding steroid dienone is 1. The van der Waals surface area contributed by atoms with Gasteiger partial charge in [-0.05, 0) is 33.8 Å². The summed E-state index contributed by atoms with van der Waals surface area (Å²) in [5, 5.41) is 5.52. The average molecular weight is 411 g/mol. The predicted octanol–water partition coefficient (Wildman–Crippen LogP) is 2.90. The van der Waals surface area contributed by atoms with Gasteiger partial charge in [0, 0.05) is 22.9 Å². The van der Waals surface area contributed by atoms with Crippen molar-refractivity contribution in [2.45, 2.75) is 39.8 Å². The highest BCUT2D eigenvalue weighted by molar-refractivity contribution is 6.31. The number of ketones is 1. The standard InChI is InChI=1S/C19H23ClN2O6/c1-6-27-18(24)11(4)28-15-8-13(20)12(7-14(15)26-5)17-16(10(3)23)9(2)21-19(25)22-17/h7-8,11,17H,6H2,1-5H3,(H2,21,22,25)/t11-,17+/m0/s1. The van der Waals surface area contributed by atoms with Crippen LogP contribution in [0.3, 0.4) is 0 Å². The maximum Gasteiger partial charge on any atom is 0.347 e. The molecule has 0 saturated carbocycles. The van der Waals surface area contributed by atoms with Crippen LogP contribution in [0.4, 0.5) is 4.79 Å². The Morgan fingerprint density at radius 2 is 1.96 bits per heavy atom. The van der Waals surface area contributed by atoms with Crippen LogP contribution in [0.15, 0.2) is 23.4 Å². The molecule has 1 aromatic rings. The molecule has 0 aromatic heterocycles. The lowest BCUT2D eigenvalue weighted by molar-refractivity contribution is -0.150. The second kappa shape index (κ2) is 8.97. The number of methoxy groups -OCH3 is 1. The van der Waals surface area contributed by atoms with Gasteiger partial charge in [-0.15, -0.1) is 0 Å². The highest BCUT2D eigenvalue weighted by atomic mass is 35.5. The van der Waals surface area contributed by atoms with Gasteiger partial charge in [0.2, 0.25) is 0 Å². The summed E-state index contributed by atoms with van der Waals surface area (Å²) in [5.41, 5.74) is 1.30. The first-order chi connectivity index (χ1) is 13.2. The van der Waals surface area contributed by atoms with Gasteiger partial charge in [0.15, 0.2) is 23.4 Å². The number of benzene rings is 1. The first kappa shape index (κ1) is 21.6. The molecule has 0 fully saturated rings. The minimum absolute atomic E-state index is 0.207. The smallest absolute Gasteiger partial charge is 0.347 e. The van der Waals surface area contributed by atoms with Crippen molar-refractivity contribution in [3.05, 3.63) is 34.0 Å². The Balaban J connectivity index is 2.45. The van der Waals surface area contributed by atoms with Gasteiger partial charge in [-0.2, -0.15) is 0 Å². The summed E-state index contributed by atoms with van der Waals surface area (Å²) in [4.78, 5) is 35.9. The van der Waals surface area contributed by atoms with E-state index in [1.54, 1.807) is 26.8 Å². The molecule has 2 rings (SSSR count). The molecular formula is C19H23ClN2O6. The fourth-order valence-electron chi connectivity index (χ4n) is 2.92. The Kier molecular flexibility index (Phi) is 6.90. The van der Waals surface area contributed by atoms with Crippen LogP contribution in [0.1, 0.15) is 39.3 Å². The zero-order valence-corrected chi connectivity index (χ0v) is 17.1. The fraction of sp³-hybridized carbons (Fsp3) is 0.421. The lowest BCUT2D eigenvalue weighted by Crippen LogP contribution is -2.44. The SMILES string of the molecule is CCOC(=O)[C@H](C)Oc1cc(Cl)c([C@H]2NC(=O)NC(C)=C2C(C)=O)cc1OC. The summed E-state index contributed by atoms with van der Waals surface area (Å²) >= 11 is 6.42. The van der Waals surface area contributed by atoms with Gasteiger partial charge in [0.05, 0.1) is 24.8 Å². The van der Waals surface area contributed by atoms with Gasteiger partial charge < -0.3 is 24.8 Å². The normalized spacial score (nSPS) is 17.4. The number of ether oxygens (including phenoxy) is 3. The number of halogens is 1. The van der Waals surface area contributed by atoms with Crippen LogP contribution in [-0.2, 0) is 14.3 Å². The number of urea groups is 1. The number of esters is 1. The third-order valence-electron chi connectivity index (χ3n) is 4.16. The topological polar surface area (TPSA) is 103 Å². The zero-order valence-electron chi connectivity index (χ0n) is 16.3. The molecule has 9 heteroatoms. The number of nitrogens with one attached hydrogen (secondary N) is 2. The van der Waals surface area contributed by atoms with Gasteiger partial charge in [0.25, 0.3) is 0 Å². The number of carbonyl (C=O) groups is 3. The summed E-state index contributed by atoms with van der Waals surface area (Å²) in [7, 11) is 1.43. The van der Waals surface area contributed by atoms with E-state index in [4.69, 9.17) is 25.8 Å². The third kappa shape index (κ3) is 4.56. The number of carbonyl (C=O) groups excluding carboxylic acids is 3. The van der Waals surface area contributed by atoms with Crippen molar-refractivity contribution < 1.29 is 28.6 Å². The van der Waals surface area contributed by atoms with Gasteiger partial charge in [-0.25, -0.2) is 9.59 Å². The van der Waals surface area contributed by atoms with Crippen molar-refractivity contribution in [3.63, 3.8) is 0 Å². The molecule has 1 aliphatic heterocycles. The van der Waals surface area contributed by atoms with E-state index in [9.17, 15) is 14.4 Å². The number of rotatable bonds is 7. The van der Waals surface area contributed by atoms with Crippen LogP contribution in [0.25, 0.3) is 0 Å². The first-order valence-electron chi connectivity index (χ1n) is 8.69.